The van der Waals surface area contributed by atoms with Crippen molar-refractivity contribution < 1.29 is 29.7 Å². The van der Waals surface area contributed by atoms with E-state index in [0.717, 1.165) is 17.5 Å². The zero-order valence-electron chi connectivity index (χ0n) is 22.8. The molecule has 1 saturated carbocycles. The van der Waals surface area contributed by atoms with Crippen molar-refractivity contribution in [1.82, 2.24) is 0 Å². The maximum absolute atomic E-state index is 14.1. The molecule has 3 N–H and O–H groups in total. The van der Waals surface area contributed by atoms with Gasteiger partial charge in [0, 0.05) is 22.8 Å². The third-order valence-corrected chi connectivity index (χ3v) is 8.51. The van der Waals surface area contributed by atoms with E-state index in [1.807, 2.05) is 33.8 Å². The molecule has 3 atom stereocenters. The van der Waals surface area contributed by atoms with E-state index in [-0.39, 0.29) is 41.2 Å². The molecule has 0 amide bonds. The molecule has 196 valence electrons. The molecule has 37 heavy (non-hydrogen) atoms. The number of ketones is 3. The molecule has 3 aliphatic carbocycles. The first kappa shape index (κ1) is 26.9. The molecule has 0 heterocycles. The Morgan fingerprint density at radius 3 is 2.35 bits per heavy atom. The summed E-state index contributed by atoms with van der Waals surface area (Å²) in [7, 11) is 0. The summed E-state index contributed by atoms with van der Waals surface area (Å²) in [4.78, 5) is 40.0. The summed E-state index contributed by atoms with van der Waals surface area (Å²) < 4.78 is 0. The summed E-state index contributed by atoms with van der Waals surface area (Å²) >= 11 is 0. The number of Topliss-reactive ketones (excluding diaryl/α,β-unsaturated/α-hetero) is 3. The number of aliphatic hydroxyl groups excluding tert-OH is 1. The normalized spacial score (nSPS) is 29.0. The minimum atomic E-state index is -2.48. The molecule has 1 fully saturated rings. The summed E-state index contributed by atoms with van der Waals surface area (Å²) in [6.07, 6.45) is 2.31. The van der Waals surface area contributed by atoms with Crippen LogP contribution in [-0.4, -0.2) is 38.3 Å². The lowest BCUT2D eigenvalue weighted by molar-refractivity contribution is -0.171. The zero-order valence-corrected chi connectivity index (χ0v) is 22.8. The lowest BCUT2D eigenvalue weighted by Crippen LogP contribution is -2.67. The van der Waals surface area contributed by atoms with Crippen molar-refractivity contribution in [3.05, 3.63) is 45.0 Å². The van der Waals surface area contributed by atoms with Gasteiger partial charge in [-0.25, -0.2) is 0 Å². The van der Waals surface area contributed by atoms with Gasteiger partial charge in [0.15, 0.2) is 11.4 Å². The van der Waals surface area contributed by atoms with Crippen LogP contribution < -0.4 is 0 Å². The smallest absolute Gasteiger partial charge is 0.206 e. The predicted octanol–water partition coefficient (Wildman–Crippen LogP) is 5.09. The fraction of sp³-hybridized carbons (Fsp3) is 0.516. The van der Waals surface area contributed by atoms with Crippen molar-refractivity contribution in [1.29, 1.82) is 0 Å². The van der Waals surface area contributed by atoms with Gasteiger partial charge in [0.05, 0.1) is 16.7 Å². The molecular weight excluding hydrogens is 468 g/mol. The van der Waals surface area contributed by atoms with Crippen LogP contribution >= 0.6 is 0 Å². The Hall–Kier alpha value is -3.17. The minimum Gasteiger partial charge on any atom is -0.507 e. The molecule has 0 radical (unpaired) electrons. The lowest BCUT2D eigenvalue weighted by atomic mass is 9.46. The molecule has 0 aliphatic heterocycles. The van der Waals surface area contributed by atoms with Crippen molar-refractivity contribution >= 4 is 23.1 Å². The summed E-state index contributed by atoms with van der Waals surface area (Å²) in [6.45, 7) is 12.6. The molecule has 3 unspecified atom stereocenters. The van der Waals surface area contributed by atoms with Crippen LogP contribution in [-0.2, 0) is 20.8 Å². The van der Waals surface area contributed by atoms with Gasteiger partial charge in [0.1, 0.15) is 11.5 Å². The molecule has 1 aromatic rings. The molecule has 6 heteroatoms. The first-order valence-electron chi connectivity index (χ1n) is 13.0. The summed E-state index contributed by atoms with van der Waals surface area (Å²) in [5.74, 6) is 3.15. The van der Waals surface area contributed by atoms with Crippen LogP contribution in [0.15, 0.2) is 22.8 Å². The van der Waals surface area contributed by atoms with E-state index in [0.29, 0.717) is 24.0 Å². The number of carbonyl (C=O) groups is 3. The van der Waals surface area contributed by atoms with Crippen molar-refractivity contribution in [2.45, 2.75) is 92.1 Å². The Morgan fingerprint density at radius 2 is 1.78 bits per heavy atom. The SMILES string of the molecule is CCCC#Cc1cc(C(C)C)c2c(c1O)C(O)=C1C(=O)C3(O)C(=O)C(C(C)=O)=C(C)CC3(C)CC1(C)C2. The Morgan fingerprint density at radius 1 is 1.14 bits per heavy atom. The number of phenols is 1. The van der Waals surface area contributed by atoms with Crippen LogP contribution in [0.3, 0.4) is 0 Å². The largest absolute Gasteiger partial charge is 0.507 e. The molecule has 0 spiro atoms. The Labute approximate surface area is 218 Å². The van der Waals surface area contributed by atoms with Crippen molar-refractivity contribution in [2.75, 3.05) is 0 Å². The Balaban J connectivity index is 2.02. The van der Waals surface area contributed by atoms with Crippen LogP contribution in [0.25, 0.3) is 5.76 Å². The number of aliphatic hydroxyl groups is 2. The molecular formula is C31H36O6. The number of fused-ring (bicyclic) bond motifs is 3. The topological polar surface area (TPSA) is 112 Å². The van der Waals surface area contributed by atoms with E-state index in [2.05, 4.69) is 11.8 Å². The Bertz CT molecular complexity index is 1380. The van der Waals surface area contributed by atoms with Crippen LogP contribution in [0.2, 0.25) is 0 Å². The maximum Gasteiger partial charge on any atom is 0.206 e. The summed E-state index contributed by atoms with van der Waals surface area (Å²) in [5.41, 5.74) is -2.02. The number of carbonyl (C=O) groups excluding carboxylic acids is 3. The third kappa shape index (κ3) is 3.62. The predicted molar refractivity (Wildman–Crippen MR) is 141 cm³/mol. The van der Waals surface area contributed by atoms with Gasteiger partial charge in [-0.2, -0.15) is 0 Å². The highest BCUT2D eigenvalue weighted by molar-refractivity contribution is 6.33. The highest BCUT2D eigenvalue weighted by Gasteiger charge is 2.69. The molecule has 0 aromatic heterocycles. The molecule has 0 bridgehead atoms. The summed E-state index contributed by atoms with van der Waals surface area (Å²) in [5, 5.41) is 34.7. The number of phenolic OH excluding ortho intramolecular Hbond substituents is 1. The van der Waals surface area contributed by atoms with Crippen molar-refractivity contribution in [3.63, 3.8) is 0 Å². The first-order chi connectivity index (χ1) is 17.1. The van der Waals surface area contributed by atoms with Gasteiger partial charge in [0.25, 0.3) is 0 Å². The number of hydrogen-bond acceptors (Lipinski definition) is 6. The summed E-state index contributed by atoms with van der Waals surface area (Å²) in [6, 6.07) is 1.86. The fourth-order valence-electron chi connectivity index (χ4n) is 7.01. The van der Waals surface area contributed by atoms with Gasteiger partial charge in [-0.3, -0.25) is 14.4 Å². The number of allylic oxidation sites excluding steroid dienone is 1. The van der Waals surface area contributed by atoms with Gasteiger partial charge in [-0.05, 0) is 62.6 Å². The maximum atomic E-state index is 14.1. The number of benzene rings is 1. The van der Waals surface area contributed by atoms with Crippen LogP contribution in [0.5, 0.6) is 5.75 Å². The second-order valence-corrected chi connectivity index (χ2v) is 11.9. The van der Waals surface area contributed by atoms with E-state index in [4.69, 9.17) is 0 Å². The van der Waals surface area contributed by atoms with Crippen LogP contribution in [0.1, 0.15) is 102 Å². The molecule has 3 aliphatic rings. The highest BCUT2D eigenvalue weighted by Crippen LogP contribution is 2.62. The minimum absolute atomic E-state index is 0.0606. The van der Waals surface area contributed by atoms with Gasteiger partial charge in [0.2, 0.25) is 11.6 Å². The van der Waals surface area contributed by atoms with Gasteiger partial charge < -0.3 is 15.3 Å². The molecule has 4 rings (SSSR count). The lowest BCUT2D eigenvalue weighted by Gasteiger charge is -2.56. The van der Waals surface area contributed by atoms with E-state index < -0.39 is 39.5 Å². The molecule has 1 aromatic carbocycles. The quantitative estimate of drug-likeness (QED) is 0.300. The third-order valence-electron chi connectivity index (χ3n) is 8.51. The fourth-order valence-corrected chi connectivity index (χ4v) is 7.01. The molecule has 6 nitrogen and oxygen atoms in total. The van der Waals surface area contributed by atoms with Gasteiger partial charge >= 0.3 is 0 Å². The van der Waals surface area contributed by atoms with E-state index in [1.54, 1.807) is 13.8 Å². The van der Waals surface area contributed by atoms with Gasteiger partial charge in [-0.15, -0.1) is 0 Å². The second kappa shape index (κ2) is 8.70. The second-order valence-electron chi connectivity index (χ2n) is 11.9. The van der Waals surface area contributed by atoms with Crippen LogP contribution in [0, 0.1) is 22.7 Å². The monoisotopic (exact) mass is 504 g/mol. The molecule has 0 saturated heterocycles. The Kier molecular flexibility index (Phi) is 6.32. The number of rotatable bonds is 3. The average molecular weight is 505 g/mol. The van der Waals surface area contributed by atoms with Crippen molar-refractivity contribution in [2.24, 2.45) is 10.8 Å². The van der Waals surface area contributed by atoms with Crippen LogP contribution in [0.4, 0.5) is 0 Å². The highest BCUT2D eigenvalue weighted by atomic mass is 16.3. The van der Waals surface area contributed by atoms with E-state index in [1.165, 1.54) is 6.92 Å². The average Bonchev–Trinajstić information content (AvgIpc) is 2.77. The number of hydrogen-bond donors (Lipinski definition) is 3. The van der Waals surface area contributed by atoms with Gasteiger partial charge in [-0.1, -0.05) is 52.0 Å². The van der Waals surface area contributed by atoms with E-state index >= 15 is 0 Å². The standard InChI is InChI=1S/C31H36O6/c1-8-9-10-11-19-12-20(16(2)3)21-14-29(6)15-30(7)13-17(4)22(18(5)32)27(35)31(30,37)28(36)24(29)26(34)23(21)25(19)33/h12,16,33-34,37H,8-9,13-15H2,1-7H3. The first-order valence-corrected chi connectivity index (χ1v) is 13.0. The van der Waals surface area contributed by atoms with E-state index in [9.17, 15) is 29.7 Å². The van der Waals surface area contributed by atoms with Crippen molar-refractivity contribution in [3.8, 4) is 17.6 Å². The number of unbranched alkanes of at least 4 members (excludes halogenated alkanes) is 1. The number of aromatic hydroxyl groups is 1. The zero-order chi connectivity index (χ0) is 27.7.